The van der Waals surface area contributed by atoms with Gasteiger partial charge in [-0.2, -0.15) is 4.98 Å². The van der Waals surface area contributed by atoms with Gasteiger partial charge >= 0.3 is 6.03 Å². The number of amides is 2. The Morgan fingerprint density at radius 2 is 2.07 bits per heavy atom. The number of carbonyl (C=O) groups is 1. The van der Waals surface area contributed by atoms with E-state index in [0.717, 1.165) is 31.5 Å². The van der Waals surface area contributed by atoms with Crippen molar-refractivity contribution < 1.29 is 13.7 Å². The van der Waals surface area contributed by atoms with Crippen LogP contribution in [0.3, 0.4) is 0 Å². The first-order chi connectivity index (χ1) is 13.5. The molecule has 2 aliphatic rings. The van der Waals surface area contributed by atoms with Gasteiger partial charge in [-0.25, -0.2) is 9.18 Å². The zero-order valence-corrected chi connectivity index (χ0v) is 16.5. The van der Waals surface area contributed by atoms with Crippen LogP contribution in [0.1, 0.15) is 36.9 Å². The number of carbonyl (C=O) groups excluding carboxylic acids is 1. The molecule has 1 unspecified atom stereocenters. The van der Waals surface area contributed by atoms with Crippen LogP contribution in [0.2, 0.25) is 5.02 Å². The van der Waals surface area contributed by atoms with Gasteiger partial charge in [0.1, 0.15) is 5.82 Å². The highest BCUT2D eigenvalue weighted by Gasteiger charge is 2.30. The number of hydrogen-bond acceptors (Lipinski definition) is 5. The zero-order chi connectivity index (χ0) is 19.7. The maximum absolute atomic E-state index is 13.7. The minimum absolute atomic E-state index is 0.0440. The smallest absolute Gasteiger partial charge is 0.317 e. The maximum atomic E-state index is 13.7. The molecular formula is C19H23ClFN5O2. The number of likely N-dealkylation sites (tertiary alicyclic amines) is 1. The van der Waals surface area contributed by atoms with E-state index >= 15 is 0 Å². The number of rotatable bonds is 3. The van der Waals surface area contributed by atoms with Crippen molar-refractivity contribution in [3.63, 3.8) is 0 Å². The van der Waals surface area contributed by atoms with Gasteiger partial charge in [0.05, 0.1) is 5.02 Å². The second-order valence-electron chi connectivity index (χ2n) is 7.42. The lowest BCUT2D eigenvalue weighted by molar-refractivity contribution is 0.172. The summed E-state index contributed by atoms with van der Waals surface area (Å²) >= 11 is 5.75. The van der Waals surface area contributed by atoms with Gasteiger partial charge in [-0.15, -0.1) is 0 Å². The van der Waals surface area contributed by atoms with Crippen molar-refractivity contribution in [3.05, 3.63) is 40.8 Å². The second-order valence-corrected chi connectivity index (χ2v) is 7.83. The van der Waals surface area contributed by atoms with Crippen LogP contribution in [-0.4, -0.2) is 53.3 Å². The standard InChI is InChI=1S/C19H23ClFN5O2/c1-12-22-18(28-24-12)13-4-7-25(8-5-13)19(27)23-14-6-9-26(11-14)15-2-3-16(20)17(21)10-15/h2-3,10,13-14H,4-9,11H2,1H3,(H,23,27). The quantitative estimate of drug-likeness (QED) is 0.844. The number of aryl methyl sites for hydroxylation is 1. The number of benzene rings is 1. The molecule has 4 rings (SSSR count). The topological polar surface area (TPSA) is 74.5 Å². The highest BCUT2D eigenvalue weighted by molar-refractivity contribution is 6.30. The number of nitrogens with zero attached hydrogens (tertiary/aromatic N) is 4. The van der Waals surface area contributed by atoms with Crippen molar-refractivity contribution in [1.29, 1.82) is 0 Å². The van der Waals surface area contributed by atoms with Crippen molar-refractivity contribution in [2.45, 2.75) is 38.1 Å². The van der Waals surface area contributed by atoms with Crippen molar-refractivity contribution in [2.75, 3.05) is 31.1 Å². The van der Waals surface area contributed by atoms with Gasteiger partial charge < -0.3 is 19.6 Å². The van der Waals surface area contributed by atoms with E-state index in [-0.39, 0.29) is 23.0 Å². The molecule has 0 bridgehead atoms. The van der Waals surface area contributed by atoms with Crippen LogP contribution in [0.15, 0.2) is 22.7 Å². The van der Waals surface area contributed by atoms with E-state index in [0.29, 0.717) is 31.3 Å². The molecule has 0 radical (unpaired) electrons. The van der Waals surface area contributed by atoms with E-state index in [4.69, 9.17) is 16.1 Å². The number of piperidine rings is 1. The molecule has 0 aliphatic carbocycles. The van der Waals surface area contributed by atoms with Crippen molar-refractivity contribution in [3.8, 4) is 0 Å². The first-order valence-electron chi connectivity index (χ1n) is 9.55. The second kappa shape index (κ2) is 7.95. The lowest BCUT2D eigenvalue weighted by Crippen LogP contribution is -2.48. The lowest BCUT2D eigenvalue weighted by atomic mass is 9.97. The molecule has 28 heavy (non-hydrogen) atoms. The van der Waals surface area contributed by atoms with Crippen LogP contribution in [0, 0.1) is 12.7 Å². The van der Waals surface area contributed by atoms with E-state index in [9.17, 15) is 9.18 Å². The minimum Gasteiger partial charge on any atom is -0.369 e. The Hall–Kier alpha value is -2.35. The van der Waals surface area contributed by atoms with Gasteiger partial charge in [-0.3, -0.25) is 0 Å². The third kappa shape index (κ3) is 4.06. The molecule has 1 aromatic carbocycles. The Kier molecular flexibility index (Phi) is 5.39. The number of aromatic nitrogens is 2. The first kappa shape index (κ1) is 19.0. The fourth-order valence-corrected chi connectivity index (χ4v) is 3.99. The molecule has 150 valence electrons. The van der Waals surface area contributed by atoms with Gasteiger partial charge in [0.15, 0.2) is 5.82 Å². The summed E-state index contributed by atoms with van der Waals surface area (Å²) in [6.45, 7) is 4.56. The van der Waals surface area contributed by atoms with Crippen LogP contribution in [0.5, 0.6) is 0 Å². The Labute approximate surface area is 167 Å². The Morgan fingerprint density at radius 3 is 2.75 bits per heavy atom. The Morgan fingerprint density at radius 1 is 1.29 bits per heavy atom. The third-order valence-corrected chi connectivity index (χ3v) is 5.77. The zero-order valence-electron chi connectivity index (χ0n) is 15.7. The molecule has 3 heterocycles. The largest absolute Gasteiger partial charge is 0.369 e. The molecule has 2 aliphatic heterocycles. The minimum atomic E-state index is -0.425. The molecular weight excluding hydrogens is 385 g/mol. The SMILES string of the molecule is Cc1noc(C2CCN(C(=O)NC3CCN(c4ccc(Cl)c(F)c4)C3)CC2)n1. The molecule has 2 amide bonds. The summed E-state index contributed by atoms with van der Waals surface area (Å²) in [7, 11) is 0. The third-order valence-electron chi connectivity index (χ3n) is 5.46. The molecule has 2 aromatic rings. The Bertz CT molecular complexity index is 853. The van der Waals surface area contributed by atoms with Crippen LogP contribution in [-0.2, 0) is 0 Å². The fourth-order valence-electron chi connectivity index (χ4n) is 3.87. The van der Waals surface area contributed by atoms with E-state index in [1.54, 1.807) is 19.1 Å². The van der Waals surface area contributed by atoms with Crippen LogP contribution < -0.4 is 10.2 Å². The van der Waals surface area contributed by atoms with Crippen LogP contribution in [0.25, 0.3) is 0 Å². The first-order valence-corrected chi connectivity index (χ1v) is 9.93. The van der Waals surface area contributed by atoms with Gasteiger partial charge in [0.25, 0.3) is 0 Å². The van der Waals surface area contributed by atoms with Gasteiger partial charge in [-0.05, 0) is 44.4 Å². The molecule has 9 heteroatoms. The lowest BCUT2D eigenvalue weighted by Gasteiger charge is -2.31. The van der Waals surface area contributed by atoms with E-state index in [2.05, 4.69) is 20.4 Å². The highest BCUT2D eigenvalue weighted by Crippen LogP contribution is 2.27. The van der Waals surface area contributed by atoms with Gasteiger partial charge in [0.2, 0.25) is 5.89 Å². The van der Waals surface area contributed by atoms with E-state index < -0.39 is 5.82 Å². The Balaban J connectivity index is 1.27. The van der Waals surface area contributed by atoms with E-state index in [1.807, 2.05) is 4.90 Å². The normalized spacial score (nSPS) is 20.6. The molecule has 7 nitrogen and oxygen atoms in total. The monoisotopic (exact) mass is 407 g/mol. The molecule has 2 saturated heterocycles. The van der Waals surface area contributed by atoms with Gasteiger partial charge in [-0.1, -0.05) is 16.8 Å². The number of halogens is 2. The molecule has 1 N–H and O–H groups in total. The summed E-state index contributed by atoms with van der Waals surface area (Å²) in [4.78, 5) is 20.8. The summed E-state index contributed by atoms with van der Waals surface area (Å²) in [5, 5.41) is 7.07. The van der Waals surface area contributed by atoms with Gasteiger partial charge in [0, 0.05) is 43.8 Å². The molecule has 0 spiro atoms. The van der Waals surface area contributed by atoms with Crippen molar-refractivity contribution in [1.82, 2.24) is 20.4 Å². The highest BCUT2D eigenvalue weighted by atomic mass is 35.5. The molecule has 1 atom stereocenters. The fraction of sp³-hybridized carbons (Fsp3) is 0.526. The summed E-state index contributed by atoms with van der Waals surface area (Å²) < 4.78 is 18.9. The summed E-state index contributed by atoms with van der Waals surface area (Å²) in [5.41, 5.74) is 0.786. The average Bonchev–Trinajstić information content (AvgIpc) is 3.33. The molecule has 1 aromatic heterocycles. The molecule has 2 fully saturated rings. The van der Waals surface area contributed by atoms with E-state index in [1.165, 1.54) is 6.07 Å². The summed E-state index contributed by atoms with van der Waals surface area (Å²) in [6, 6.07) is 4.81. The number of hydrogen-bond donors (Lipinski definition) is 1. The summed E-state index contributed by atoms with van der Waals surface area (Å²) in [5.74, 6) is 1.10. The van der Waals surface area contributed by atoms with Crippen molar-refractivity contribution in [2.24, 2.45) is 0 Å². The van der Waals surface area contributed by atoms with Crippen molar-refractivity contribution >= 4 is 23.3 Å². The number of urea groups is 1. The predicted molar refractivity (Wildman–Crippen MR) is 103 cm³/mol. The van der Waals surface area contributed by atoms with Crippen LogP contribution in [0.4, 0.5) is 14.9 Å². The predicted octanol–water partition coefficient (Wildman–Crippen LogP) is 3.34. The van der Waals surface area contributed by atoms with Crippen LogP contribution >= 0.6 is 11.6 Å². The maximum Gasteiger partial charge on any atom is 0.317 e. The number of nitrogens with one attached hydrogen (secondary N) is 1. The average molecular weight is 408 g/mol. The molecule has 0 saturated carbocycles. The summed E-state index contributed by atoms with van der Waals surface area (Å²) in [6.07, 6.45) is 2.46. The number of anilines is 1.